The Morgan fingerprint density at radius 2 is 1.38 bits per heavy atom. The normalized spacial score (nSPS) is 13.5. The van der Waals surface area contributed by atoms with E-state index in [4.69, 9.17) is 0 Å². The summed E-state index contributed by atoms with van der Waals surface area (Å²) in [6.07, 6.45) is 0. The monoisotopic (exact) mass is 177 g/mol. The molecule has 13 heavy (non-hydrogen) atoms. The number of aromatic nitrogens is 1. The molecule has 0 fully saturated rings. The Morgan fingerprint density at radius 1 is 1.00 bits per heavy atom. The van der Waals surface area contributed by atoms with Gasteiger partial charge in [0.05, 0.1) is 22.8 Å². The first-order valence-electron chi connectivity index (χ1n) is 4.25. The highest BCUT2D eigenvalue weighted by Gasteiger charge is 2.02. The summed E-state index contributed by atoms with van der Waals surface area (Å²) in [6.45, 7) is 3.96. The molecule has 0 aliphatic carbocycles. The van der Waals surface area contributed by atoms with E-state index in [-0.39, 0.29) is 0 Å². The van der Waals surface area contributed by atoms with E-state index >= 15 is 0 Å². The molecule has 1 heterocycles. The molecule has 1 aromatic heterocycles. The van der Waals surface area contributed by atoms with Gasteiger partial charge in [0.15, 0.2) is 0 Å². The molecule has 0 aromatic carbocycles. The van der Waals surface area contributed by atoms with Crippen LogP contribution in [0.15, 0.2) is 22.1 Å². The molecule has 0 amide bonds. The molecule has 0 bridgehead atoms. The van der Waals surface area contributed by atoms with Gasteiger partial charge in [-0.05, 0) is 26.0 Å². The van der Waals surface area contributed by atoms with Gasteiger partial charge in [-0.1, -0.05) is 0 Å². The van der Waals surface area contributed by atoms with Crippen LogP contribution in [-0.4, -0.2) is 30.5 Å². The van der Waals surface area contributed by atoms with Gasteiger partial charge in [-0.15, -0.1) is 0 Å². The summed E-state index contributed by atoms with van der Waals surface area (Å²) in [6, 6.07) is 4.04. The first-order chi connectivity index (χ1) is 6.19. The van der Waals surface area contributed by atoms with E-state index in [1.54, 1.807) is 14.1 Å². The van der Waals surface area contributed by atoms with Crippen molar-refractivity contribution in [3.8, 4) is 0 Å². The zero-order valence-corrected chi connectivity index (χ0v) is 8.55. The zero-order valence-electron chi connectivity index (χ0n) is 8.55. The largest absolute Gasteiger partial charge is 0.353 e. The van der Waals surface area contributed by atoms with Crippen LogP contribution in [0.3, 0.4) is 0 Å². The second kappa shape index (κ2) is 4.03. The van der Waals surface area contributed by atoms with Crippen molar-refractivity contribution >= 4 is 11.4 Å². The smallest absolute Gasteiger partial charge is 0.0596 e. The summed E-state index contributed by atoms with van der Waals surface area (Å²) in [7, 11) is 3.58. The maximum Gasteiger partial charge on any atom is 0.0596 e. The quantitative estimate of drug-likeness (QED) is 0.670. The maximum absolute atomic E-state index is 4.10. The van der Waals surface area contributed by atoms with E-state index < -0.39 is 0 Å². The fourth-order valence-corrected chi connectivity index (χ4v) is 1.06. The van der Waals surface area contributed by atoms with Crippen LogP contribution in [0.25, 0.3) is 0 Å². The lowest BCUT2D eigenvalue weighted by Crippen LogP contribution is -1.98. The Labute approximate surface area is 78.6 Å². The Hall–Kier alpha value is -1.38. The van der Waals surface area contributed by atoms with E-state index in [2.05, 4.69) is 15.0 Å². The molecule has 0 aliphatic rings. The Morgan fingerprint density at radius 3 is 1.69 bits per heavy atom. The van der Waals surface area contributed by atoms with Crippen LogP contribution >= 0.6 is 0 Å². The van der Waals surface area contributed by atoms with Gasteiger partial charge in [-0.2, -0.15) is 0 Å². The molecule has 1 aromatic rings. The van der Waals surface area contributed by atoms with Crippen molar-refractivity contribution in [1.82, 2.24) is 4.98 Å². The van der Waals surface area contributed by atoms with Crippen LogP contribution in [0.5, 0.6) is 0 Å². The third-order valence-electron chi connectivity index (χ3n) is 2.14. The molecule has 0 atom stereocenters. The van der Waals surface area contributed by atoms with Crippen molar-refractivity contribution in [3.05, 3.63) is 23.5 Å². The van der Waals surface area contributed by atoms with Gasteiger partial charge < -0.3 is 4.98 Å². The second-order valence-electron chi connectivity index (χ2n) is 2.90. The van der Waals surface area contributed by atoms with Crippen molar-refractivity contribution in [2.24, 2.45) is 9.98 Å². The topological polar surface area (TPSA) is 40.5 Å². The minimum absolute atomic E-state index is 1.01. The third-order valence-corrected chi connectivity index (χ3v) is 2.14. The number of H-pyrrole nitrogens is 1. The summed E-state index contributed by atoms with van der Waals surface area (Å²) < 4.78 is 0. The Balaban J connectivity index is 3.00. The van der Waals surface area contributed by atoms with Gasteiger partial charge >= 0.3 is 0 Å². The molecule has 0 saturated heterocycles. The molecule has 1 N–H and O–H groups in total. The number of hydrogen-bond donors (Lipinski definition) is 1. The molecule has 0 spiro atoms. The highest BCUT2D eigenvalue weighted by Crippen LogP contribution is 2.04. The van der Waals surface area contributed by atoms with Gasteiger partial charge in [0.2, 0.25) is 0 Å². The van der Waals surface area contributed by atoms with Gasteiger partial charge in [-0.25, -0.2) is 0 Å². The standard InChI is InChI=1S/C10H15N3/c1-7(11-3)9-5-6-10(13-9)8(2)12-4/h5-6,13H,1-4H3. The summed E-state index contributed by atoms with van der Waals surface area (Å²) in [5, 5.41) is 0. The van der Waals surface area contributed by atoms with Crippen molar-refractivity contribution < 1.29 is 0 Å². The van der Waals surface area contributed by atoms with Crippen LogP contribution in [0.1, 0.15) is 25.2 Å². The summed E-state index contributed by atoms with van der Waals surface area (Å²) in [4.78, 5) is 11.5. The molecule has 0 saturated carbocycles. The molecule has 0 radical (unpaired) electrons. The number of rotatable bonds is 2. The lowest BCUT2D eigenvalue weighted by Gasteiger charge is -1.95. The summed E-state index contributed by atoms with van der Waals surface area (Å²) in [5.41, 5.74) is 4.13. The highest BCUT2D eigenvalue weighted by molar-refractivity contribution is 6.01. The molecule has 3 heteroatoms. The van der Waals surface area contributed by atoms with Gasteiger partial charge in [0.25, 0.3) is 0 Å². The van der Waals surface area contributed by atoms with Crippen LogP contribution in [0, 0.1) is 0 Å². The minimum atomic E-state index is 1.01. The minimum Gasteiger partial charge on any atom is -0.353 e. The fourth-order valence-electron chi connectivity index (χ4n) is 1.06. The fraction of sp³-hybridized carbons (Fsp3) is 0.400. The number of nitrogens with one attached hydrogen (secondary N) is 1. The van der Waals surface area contributed by atoms with E-state index in [0.717, 1.165) is 22.8 Å². The van der Waals surface area contributed by atoms with Crippen LogP contribution in [0.4, 0.5) is 0 Å². The van der Waals surface area contributed by atoms with Crippen LogP contribution in [-0.2, 0) is 0 Å². The van der Waals surface area contributed by atoms with E-state index in [1.165, 1.54) is 0 Å². The summed E-state index contributed by atoms with van der Waals surface area (Å²) >= 11 is 0. The molecule has 70 valence electrons. The van der Waals surface area contributed by atoms with Crippen LogP contribution in [0.2, 0.25) is 0 Å². The average molecular weight is 177 g/mol. The molecular formula is C10H15N3. The van der Waals surface area contributed by atoms with Crippen molar-refractivity contribution in [2.75, 3.05) is 14.1 Å². The van der Waals surface area contributed by atoms with Crippen LogP contribution < -0.4 is 0 Å². The predicted octanol–water partition coefficient (Wildman–Crippen LogP) is 1.89. The molecular weight excluding hydrogens is 162 g/mol. The molecule has 0 unspecified atom stereocenters. The lowest BCUT2D eigenvalue weighted by molar-refractivity contribution is 1.28. The Bertz CT molecular complexity index is 312. The zero-order chi connectivity index (χ0) is 9.84. The Kier molecular flexibility index (Phi) is 3.01. The van der Waals surface area contributed by atoms with Gasteiger partial charge in [-0.3, -0.25) is 9.98 Å². The predicted molar refractivity (Wildman–Crippen MR) is 57.1 cm³/mol. The SMILES string of the molecule is CN=C(C)c1ccc(C(C)=NC)[nH]1. The molecule has 1 rings (SSSR count). The first kappa shape index (κ1) is 9.71. The number of hydrogen-bond acceptors (Lipinski definition) is 2. The third kappa shape index (κ3) is 2.05. The molecule has 0 aliphatic heterocycles. The summed E-state index contributed by atoms with van der Waals surface area (Å²) in [5.74, 6) is 0. The van der Waals surface area contributed by atoms with Crippen molar-refractivity contribution in [3.63, 3.8) is 0 Å². The van der Waals surface area contributed by atoms with E-state index in [0.29, 0.717) is 0 Å². The maximum atomic E-state index is 4.10. The number of nitrogens with zero attached hydrogens (tertiary/aromatic N) is 2. The second-order valence-corrected chi connectivity index (χ2v) is 2.90. The van der Waals surface area contributed by atoms with Crippen molar-refractivity contribution in [2.45, 2.75) is 13.8 Å². The highest BCUT2D eigenvalue weighted by atomic mass is 14.8. The van der Waals surface area contributed by atoms with Crippen molar-refractivity contribution in [1.29, 1.82) is 0 Å². The molecule has 3 nitrogen and oxygen atoms in total. The van der Waals surface area contributed by atoms with Gasteiger partial charge in [0.1, 0.15) is 0 Å². The van der Waals surface area contributed by atoms with Gasteiger partial charge in [0, 0.05) is 14.1 Å². The number of aliphatic imine (C=N–C) groups is 2. The van der Waals surface area contributed by atoms with E-state index in [1.807, 2.05) is 26.0 Å². The average Bonchev–Trinajstić information content (AvgIpc) is 2.64. The lowest BCUT2D eigenvalue weighted by atomic mass is 10.3. The first-order valence-corrected chi connectivity index (χ1v) is 4.25. The van der Waals surface area contributed by atoms with E-state index in [9.17, 15) is 0 Å². The number of aromatic amines is 1.